The number of hydrogen-bond acceptors (Lipinski definition) is 3. The van der Waals surface area contributed by atoms with Crippen LogP contribution in [-0.2, 0) is 9.59 Å². The summed E-state index contributed by atoms with van der Waals surface area (Å²) in [5.41, 5.74) is 0. The summed E-state index contributed by atoms with van der Waals surface area (Å²) < 4.78 is 35.9. The lowest BCUT2D eigenvalue weighted by molar-refractivity contribution is -0.142. The number of aliphatic carboxylic acids is 1. The highest BCUT2D eigenvalue weighted by atomic mass is 19.4. The van der Waals surface area contributed by atoms with Gasteiger partial charge in [-0.1, -0.05) is 0 Å². The molecule has 1 fully saturated rings. The molecule has 0 aliphatic carbocycles. The van der Waals surface area contributed by atoms with Gasteiger partial charge in [-0.25, -0.2) is 4.79 Å². The van der Waals surface area contributed by atoms with Crippen molar-refractivity contribution >= 4 is 17.9 Å². The first-order chi connectivity index (χ1) is 8.70. The monoisotopic (exact) mass is 283 g/mol. The summed E-state index contributed by atoms with van der Waals surface area (Å²) in [4.78, 5) is 34.3. The number of carbonyl (C=O) groups excluding carboxylic acids is 2. The number of carboxylic acid groups (broad SMARTS) is 1. The van der Waals surface area contributed by atoms with E-state index in [1.54, 1.807) is 5.32 Å². The fourth-order valence-electron chi connectivity index (χ4n) is 1.60. The summed E-state index contributed by atoms with van der Waals surface area (Å²) in [5, 5.41) is 12.6. The van der Waals surface area contributed by atoms with Gasteiger partial charge in [-0.3, -0.25) is 9.59 Å². The smallest absolute Gasteiger partial charge is 0.405 e. The van der Waals surface area contributed by atoms with Gasteiger partial charge in [-0.2, -0.15) is 13.2 Å². The van der Waals surface area contributed by atoms with Crippen molar-refractivity contribution in [3.8, 4) is 0 Å². The molecule has 1 heterocycles. The van der Waals surface area contributed by atoms with Crippen LogP contribution in [0.1, 0.15) is 6.42 Å². The van der Waals surface area contributed by atoms with Crippen LogP contribution >= 0.6 is 0 Å². The molecule has 0 aromatic heterocycles. The Kier molecular flexibility index (Phi) is 4.57. The molecule has 0 aromatic rings. The fourth-order valence-corrected chi connectivity index (χ4v) is 1.60. The largest absolute Gasteiger partial charge is 0.481 e. The van der Waals surface area contributed by atoms with Crippen molar-refractivity contribution in [1.82, 2.24) is 15.5 Å². The van der Waals surface area contributed by atoms with E-state index in [1.807, 2.05) is 0 Å². The lowest BCUT2D eigenvalue weighted by atomic mass is 10.1. The van der Waals surface area contributed by atoms with Crippen LogP contribution in [0.25, 0.3) is 0 Å². The third-order valence-electron chi connectivity index (χ3n) is 2.40. The van der Waals surface area contributed by atoms with Crippen LogP contribution in [0.15, 0.2) is 0 Å². The first-order valence-corrected chi connectivity index (χ1v) is 5.31. The first kappa shape index (κ1) is 15.1. The zero-order valence-electron chi connectivity index (χ0n) is 9.66. The molecule has 3 amide bonds. The van der Waals surface area contributed by atoms with E-state index in [9.17, 15) is 27.6 Å². The second-order valence-corrected chi connectivity index (χ2v) is 3.87. The molecule has 10 heteroatoms. The number of hydrogen-bond donors (Lipinski definition) is 3. The van der Waals surface area contributed by atoms with Crippen LogP contribution in [0.3, 0.4) is 0 Å². The number of amides is 3. The molecule has 1 aliphatic rings. The molecule has 0 bridgehead atoms. The van der Waals surface area contributed by atoms with E-state index in [1.165, 1.54) is 0 Å². The minimum Gasteiger partial charge on any atom is -0.481 e. The highest BCUT2D eigenvalue weighted by Gasteiger charge is 2.36. The highest BCUT2D eigenvalue weighted by Crippen LogP contribution is 2.14. The quantitative estimate of drug-likeness (QED) is 0.652. The topological polar surface area (TPSA) is 98.7 Å². The Morgan fingerprint density at radius 3 is 2.63 bits per heavy atom. The number of alkyl halides is 3. The summed E-state index contributed by atoms with van der Waals surface area (Å²) in [6.07, 6.45) is -5.23. The molecule has 0 aromatic carbocycles. The Bertz CT molecular complexity index is 385. The zero-order chi connectivity index (χ0) is 14.6. The Morgan fingerprint density at radius 2 is 2.11 bits per heavy atom. The molecule has 1 aliphatic heterocycles. The van der Waals surface area contributed by atoms with E-state index in [4.69, 9.17) is 5.11 Å². The molecular weight excluding hydrogens is 271 g/mol. The summed E-state index contributed by atoms with van der Waals surface area (Å²) in [6.45, 7) is -1.52. The minimum absolute atomic E-state index is 0.0482. The van der Waals surface area contributed by atoms with Crippen molar-refractivity contribution in [3.05, 3.63) is 0 Å². The molecule has 0 spiro atoms. The third-order valence-corrected chi connectivity index (χ3v) is 2.40. The van der Waals surface area contributed by atoms with Gasteiger partial charge in [0.15, 0.2) is 0 Å². The van der Waals surface area contributed by atoms with Gasteiger partial charge in [0.1, 0.15) is 12.6 Å². The van der Waals surface area contributed by atoms with Gasteiger partial charge in [0.2, 0.25) is 5.91 Å². The lowest BCUT2D eigenvalue weighted by Crippen LogP contribution is -2.60. The Labute approximate surface area is 105 Å². The molecule has 1 rings (SSSR count). The van der Waals surface area contributed by atoms with Gasteiger partial charge in [0.05, 0.1) is 6.42 Å². The molecule has 19 heavy (non-hydrogen) atoms. The molecule has 108 valence electrons. The second-order valence-electron chi connectivity index (χ2n) is 3.87. The number of urea groups is 1. The van der Waals surface area contributed by atoms with Gasteiger partial charge >= 0.3 is 18.2 Å². The number of halogens is 3. The van der Waals surface area contributed by atoms with E-state index in [-0.39, 0.29) is 13.1 Å². The number of piperazine rings is 1. The van der Waals surface area contributed by atoms with Crippen molar-refractivity contribution in [2.75, 3.05) is 19.6 Å². The number of nitrogens with zero attached hydrogens (tertiary/aromatic N) is 1. The van der Waals surface area contributed by atoms with Crippen molar-refractivity contribution in [2.45, 2.75) is 18.6 Å². The van der Waals surface area contributed by atoms with Crippen LogP contribution in [-0.4, -0.2) is 59.8 Å². The van der Waals surface area contributed by atoms with Gasteiger partial charge < -0.3 is 20.6 Å². The fraction of sp³-hybridized carbons (Fsp3) is 0.667. The van der Waals surface area contributed by atoms with Gasteiger partial charge in [0, 0.05) is 13.1 Å². The number of carboxylic acids is 1. The minimum atomic E-state index is -4.57. The number of nitrogens with one attached hydrogen (secondary N) is 2. The van der Waals surface area contributed by atoms with Gasteiger partial charge in [-0.05, 0) is 0 Å². The van der Waals surface area contributed by atoms with Crippen LogP contribution in [0, 0.1) is 0 Å². The SMILES string of the molecule is O=C(O)CC1C(=O)NCCN1C(=O)NCC(F)(F)F. The maximum Gasteiger partial charge on any atom is 0.405 e. The number of rotatable bonds is 3. The predicted molar refractivity (Wildman–Crippen MR) is 55.2 cm³/mol. The van der Waals surface area contributed by atoms with Gasteiger partial charge in [0.25, 0.3) is 0 Å². The van der Waals surface area contributed by atoms with Crippen LogP contribution in [0.4, 0.5) is 18.0 Å². The van der Waals surface area contributed by atoms with E-state index >= 15 is 0 Å². The standard InChI is InChI=1S/C9H12F3N3O4/c10-9(11,12)4-14-8(19)15-2-1-13-7(18)5(15)3-6(16)17/h5H,1-4H2,(H,13,18)(H,14,19)(H,16,17). The molecule has 1 atom stereocenters. The third kappa shape index (κ3) is 4.64. The van der Waals surface area contributed by atoms with Gasteiger partial charge in [-0.15, -0.1) is 0 Å². The average molecular weight is 283 g/mol. The second kappa shape index (κ2) is 5.76. The molecule has 0 saturated carbocycles. The summed E-state index contributed by atoms with van der Waals surface area (Å²) in [7, 11) is 0. The molecular formula is C9H12F3N3O4. The van der Waals surface area contributed by atoms with Crippen LogP contribution < -0.4 is 10.6 Å². The molecule has 0 radical (unpaired) electrons. The summed E-state index contributed by atoms with van der Waals surface area (Å²) in [5.74, 6) is -2.02. The lowest BCUT2D eigenvalue weighted by Gasteiger charge is -2.34. The maximum atomic E-state index is 12.0. The maximum absolute atomic E-state index is 12.0. The molecule has 7 nitrogen and oxygen atoms in total. The Balaban J connectivity index is 2.68. The number of carbonyl (C=O) groups is 3. The van der Waals surface area contributed by atoms with Crippen molar-refractivity contribution in [1.29, 1.82) is 0 Å². The molecule has 1 saturated heterocycles. The van der Waals surface area contributed by atoms with Crippen molar-refractivity contribution in [3.63, 3.8) is 0 Å². The molecule has 1 unspecified atom stereocenters. The van der Waals surface area contributed by atoms with Crippen molar-refractivity contribution < 1.29 is 32.7 Å². The van der Waals surface area contributed by atoms with Crippen LogP contribution in [0.2, 0.25) is 0 Å². The molecule has 3 N–H and O–H groups in total. The first-order valence-electron chi connectivity index (χ1n) is 5.31. The normalized spacial score (nSPS) is 19.8. The Morgan fingerprint density at radius 1 is 1.47 bits per heavy atom. The zero-order valence-corrected chi connectivity index (χ0v) is 9.66. The summed E-state index contributed by atoms with van der Waals surface area (Å²) in [6, 6.07) is -2.42. The van der Waals surface area contributed by atoms with Crippen LogP contribution in [0.5, 0.6) is 0 Å². The Hall–Kier alpha value is -2.00. The predicted octanol–water partition coefficient (Wildman–Crippen LogP) is -0.467. The van der Waals surface area contributed by atoms with E-state index in [2.05, 4.69) is 5.32 Å². The van der Waals surface area contributed by atoms with Crippen molar-refractivity contribution in [2.24, 2.45) is 0 Å². The average Bonchev–Trinajstić information content (AvgIpc) is 2.27. The van der Waals surface area contributed by atoms with E-state index in [0.29, 0.717) is 0 Å². The summed E-state index contributed by atoms with van der Waals surface area (Å²) >= 11 is 0. The highest BCUT2D eigenvalue weighted by molar-refractivity contribution is 5.91. The van der Waals surface area contributed by atoms with E-state index < -0.39 is 43.1 Å². The van der Waals surface area contributed by atoms with E-state index in [0.717, 1.165) is 4.90 Å².